The fourth-order valence-electron chi connectivity index (χ4n) is 1.70. The molecule has 1 amide bonds. The van der Waals surface area contributed by atoms with Gasteiger partial charge in [-0.05, 0) is 19.1 Å². The van der Waals surface area contributed by atoms with Crippen LogP contribution in [-0.2, 0) is 14.8 Å². The van der Waals surface area contributed by atoms with E-state index in [-0.39, 0.29) is 24.8 Å². The first-order valence-corrected chi connectivity index (χ1v) is 7.90. The van der Waals surface area contributed by atoms with Gasteiger partial charge >= 0.3 is 0 Å². The largest absolute Gasteiger partial charge is 0.355 e. The highest BCUT2D eigenvalue weighted by atomic mass is 32.2. The van der Waals surface area contributed by atoms with Crippen LogP contribution in [0.2, 0.25) is 0 Å². The first-order valence-electron chi connectivity index (χ1n) is 6.05. The van der Waals surface area contributed by atoms with Crippen LogP contribution in [0.25, 0.3) is 0 Å². The average Bonchev–Trinajstić information content (AvgIpc) is 2.33. The van der Waals surface area contributed by atoms with Gasteiger partial charge in [0.25, 0.3) is 0 Å². The molecule has 0 aliphatic rings. The molecule has 20 heavy (non-hydrogen) atoms. The third-order valence-electron chi connectivity index (χ3n) is 2.63. The molecule has 0 radical (unpaired) electrons. The molecule has 0 bridgehead atoms. The second-order valence-corrected chi connectivity index (χ2v) is 6.33. The van der Waals surface area contributed by atoms with Gasteiger partial charge in [-0.3, -0.25) is 13.9 Å². The van der Waals surface area contributed by atoms with Crippen LogP contribution in [0.5, 0.6) is 0 Å². The maximum Gasteiger partial charge on any atom is 0.232 e. The molecule has 0 aliphatic carbocycles. The highest BCUT2D eigenvalue weighted by Crippen LogP contribution is 2.19. The molecular weight excluding hydrogens is 280 g/mol. The molecule has 0 saturated carbocycles. The fraction of sp³-hybridized carbons (Fsp3) is 0.385. The van der Waals surface area contributed by atoms with Gasteiger partial charge in [-0.2, -0.15) is 0 Å². The van der Waals surface area contributed by atoms with E-state index in [2.05, 4.69) is 5.32 Å². The van der Waals surface area contributed by atoms with E-state index in [0.29, 0.717) is 11.3 Å². The summed E-state index contributed by atoms with van der Waals surface area (Å²) in [6, 6.07) is 6.39. The maximum atomic E-state index is 11.8. The van der Waals surface area contributed by atoms with Gasteiger partial charge in [0.1, 0.15) is 0 Å². The van der Waals surface area contributed by atoms with Gasteiger partial charge in [-0.25, -0.2) is 8.42 Å². The van der Waals surface area contributed by atoms with Crippen LogP contribution in [0.3, 0.4) is 0 Å². The van der Waals surface area contributed by atoms with Crippen LogP contribution < -0.4 is 9.62 Å². The van der Waals surface area contributed by atoms with Crippen molar-refractivity contribution in [3.05, 3.63) is 29.8 Å². The third-order valence-corrected chi connectivity index (χ3v) is 3.82. The van der Waals surface area contributed by atoms with Crippen molar-refractivity contribution >= 4 is 27.4 Å². The lowest BCUT2D eigenvalue weighted by molar-refractivity contribution is -0.118. The molecule has 0 spiro atoms. The molecule has 0 aromatic heterocycles. The van der Waals surface area contributed by atoms with E-state index in [1.807, 2.05) is 0 Å². The summed E-state index contributed by atoms with van der Waals surface area (Å²) in [5.74, 6) is -0.363. The van der Waals surface area contributed by atoms with Gasteiger partial charge in [0.2, 0.25) is 15.9 Å². The molecule has 1 aromatic rings. The van der Waals surface area contributed by atoms with Crippen molar-refractivity contribution in [1.29, 1.82) is 0 Å². The van der Waals surface area contributed by atoms with Crippen molar-refractivity contribution in [3.8, 4) is 0 Å². The smallest absolute Gasteiger partial charge is 0.232 e. The SMILES string of the molecule is CC(=O)NCCN(c1cccc(C(C)=O)c1)S(C)(=O)=O. The summed E-state index contributed by atoms with van der Waals surface area (Å²) in [6.07, 6.45) is 1.08. The van der Waals surface area contributed by atoms with Crippen LogP contribution in [0.4, 0.5) is 5.69 Å². The highest BCUT2D eigenvalue weighted by Gasteiger charge is 2.17. The Morgan fingerprint density at radius 2 is 1.90 bits per heavy atom. The Hall–Kier alpha value is -1.89. The highest BCUT2D eigenvalue weighted by molar-refractivity contribution is 7.92. The van der Waals surface area contributed by atoms with Crippen LogP contribution >= 0.6 is 0 Å². The van der Waals surface area contributed by atoms with Gasteiger partial charge in [0, 0.05) is 19.0 Å². The van der Waals surface area contributed by atoms with Crippen LogP contribution in [0.15, 0.2) is 24.3 Å². The summed E-state index contributed by atoms with van der Waals surface area (Å²) in [7, 11) is -3.49. The van der Waals surface area contributed by atoms with Crippen molar-refractivity contribution in [2.24, 2.45) is 0 Å². The number of benzene rings is 1. The Labute approximate surface area is 118 Å². The lowest BCUT2D eigenvalue weighted by atomic mass is 10.1. The van der Waals surface area contributed by atoms with Gasteiger partial charge in [0.15, 0.2) is 5.78 Å². The lowest BCUT2D eigenvalue weighted by Crippen LogP contribution is -2.37. The third kappa shape index (κ3) is 4.65. The second-order valence-electron chi connectivity index (χ2n) is 4.42. The zero-order valence-corrected chi connectivity index (χ0v) is 12.5. The van der Waals surface area contributed by atoms with E-state index in [0.717, 1.165) is 10.6 Å². The predicted octanol–water partition coefficient (Wildman–Crippen LogP) is 0.791. The number of hydrogen-bond acceptors (Lipinski definition) is 4. The minimum atomic E-state index is -3.49. The number of amides is 1. The van der Waals surface area contributed by atoms with Gasteiger partial charge in [-0.15, -0.1) is 0 Å². The van der Waals surface area contributed by atoms with Crippen molar-refractivity contribution < 1.29 is 18.0 Å². The van der Waals surface area contributed by atoms with Gasteiger partial charge in [-0.1, -0.05) is 12.1 Å². The lowest BCUT2D eigenvalue weighted by Gasteiger charge is -2.22. The zero-order chi connectivity index (χ0) is 15.3. The molecule has 6 nitrogen and oxygen atoms in total. The molecule has 0 heterocycles. The molecule has 1 aromatic carbocycles. The minimum Gasteiger partial charge on any atom is -0.355 e. The van der Waals surface area contributed by atoms with E-state index in [4.69, 9.17) is 0 Å². The van der Waals surface area contributed by atoms with Crippen molar-refractivity contribution in [3.63, 3.8) is 0 Å². The van der Waals surface area contributed by atoms with Gasteiger partial charge < -0.3 is 5.32 Å². The number of sulfonamides is 1. The van der Waals surface area contributed by atoms with Crippen LogP contribution in [0.1, 0.15) is 24.2 Å². The Morgan fingerprint density at radius 3 is 2.40 bits per heavy atom. The second kappa shape index (κ2) is 6.51. The quantitative estimate of drug-likeness (QED) is 0.787. The zero-order valence-electron chi connectivity index (χ0n) is 11.7. The topological polar surface area (TPSA) is 83.6 Å². The number of ketones is 1. The minimum absolute atomic E-state index is 0.111. The van der Waals surface area contributed by atoms with E-state index in [9.17, 15) is 18.0 Å². The number of nitrogens with one attached hydrogen (secondary N) is 1. The summed E-state index contributed by atoms with van der Waals surface area (Å²) in [5.41, 5.74) is 0.848. The molecule has 110 valence electrons. The van der Waals surface area contributed by atoms with Crippen molar-refractivity contribution in [2.45, 2.75) is 13.8 Å². The number of Topliss-reactive ketones (excluding diaryl/α,β-unsaturated/α-hetero) is 1. The molecule has 0 atom stereocenters. The van der Waals surface area contributed by atoms with E-state index >= 15 is 0 Å². The molecule has 0 saturated heterocycles. The summed E-state index contributed by atoms with van der Waals surface area (Å²) in [4.78, 5) is 22.2. The molecule has 7 heteroatoms. The van der Waals surface area contributed by atoms with E-state index in [1.165, 1.54) is 19.9 Å². The number of hydrogen-bond donors (Lipinski definition) is 1. The first-order chi connectivity index (χ1) is 9.21. The first kappa shape index (κ1) is 16.2. The monoisotopic (exact) mass is 298 g/mol. The molecule has 1 N–H and O–H groups in total. The van der Waals surface area contributed by atoms with Crippen molar-refractivity contribution in [1.82, 2.24) is 5.32 Å². The summed E-state index contributed by atoms with van der Waals surface area (Å²) in [6.45, 7) is 3.09. The predicted molar refractivity (Wildman–Crippen MR) is 77.3 cm³/mol. The summed E-state index contributed by atoms with van der Waals surface area (Å²) in [5, 5.41) is 2.54. The average molecular weight is 298 g/mol. The summed E-state index contributed by atoms with van der Waals surface area (Å²) >= 11 is 0. The van der Waals surface area contributed by atoms with Crippen LogP contribution in [-0.4, -0.2) is 39.5 Å². The number of carbonyl (C=O) groups excluding carboxylic acids is 2. The Morgan fingerprint density at radius 1 is 1.25 bits per heavy atom. The van der Waals surface area contributed by atoms with Gasteiger partial charge in [0.05, 0.1) is 18.5 Å². The molecule has 0 aliphatic heterocycles. The molecular formula is C13H18N2O4S. The fourth-order valence-corrected chi connectivity index (χ4v) is 2.62. The van der Waals surface area contributed by atoms with Crippen LogP contribution in [0, 0.1) is 0 Å². The number of anilines is 1. The number of rotatable bonds is 6. The number of nitrogens with zero attached hydrogens (tertiary/aromatic N) is 1. The standard InChI is InChI=1S/C13H18N2O4S/c1-10(16)12-5-4-6-13(9-12)15(20(3,18)19)8-7-14-11(2)17/h4-6,9H,7-8H2,1-3H3,(H,14,17). The Bertz CT molecular complexity index is 611. The number of carbonyl (C=O) groups is 2. The summed E-state index contributed by atoms with van der Waals surface area (Å²) < 4.78 is 24.8. The molecule has 0 unspecified atom stereocenters. The van der Waals surface area contributed by atoms with Crippen molar-refractivity contribution in [2.75, 3.05) is 23.7 Å². The maximum absolute atomic E-state index is 11.8. The normalized spacial score (nSPS) is 10.9. The molecule has 0 fully saturated rings. The Kier molecular flexibility index (Phi) is 5.26. The Balaban J connectivity index is 3.02. The van der Waals surface area contributed by atoms with E-state index < -0.39 is 10.0 Å². The van der Waals surface area contributed by atoms with E-state index in [1.54, 1.807) is 18.2 Å². The molecule has 1 rings (SSSR count).